The van der Waals surface area contributed by atoms with Gasteiger partial charge in [-0.05, 0) is 42.3 Å². The summed E-state index contributed by atoms with van der Waals surface area (Å²) in [4.78, 5) is 14.6. The number of hydrogen-bond donors (Lipinski definition) is 0. The zero-order valence-corrected chi connectivity index (χ0v) is 12.3. The van der Waals surface area contributed by atoms with Gasteiger partial charge in [0.25, 0.3) is 5.91 Å². The molecule has 2 heterocycles. The van der Waals surface area contributed by atoms with E-state index in [1.807, 2.05) is 4.90 Å². The maximum Gasteiger partial charge on any atom is 0.255 e. The molecule has 2 aromatic rings. The van der Waals surface area contributed by atoms with Crippen LogP contribution in [0.15, 0.2) is 18.3 Å². The maximum atomic E-state index is 12.7. The highest BCUT2D eigenvalue weighted by Gasteiger charge is 2.20. The minimum absolute atomic E-state index is 0.0465. The molecule has 0 bridgehead atoms. The molecule has 0 aliphatic heterocycles. The second kappa shape index (κ2) is 6.45. The van der Waals surface area contributed by atoms with Crippen molar-refractivity contribution in [3.8, 4) is 0 Å². The van der Waals surface area contributed by atoms with E-state index in [9.17, 15) is 4.79 Å². The van der Waals surface area contributed by atoms with Crippen LogP contribution in [0.1, 0.15) is 50.4 Å². The van der Waals surface area contributed by atoms with Gasteiger partial charge in [0.2, 0.25) is 0 Å². The molecule has 0 radical (unpaired) electrons. The van der Waals surface area contributed by atoms with Crippen LogP contribution in [0.2, 0.25) is 0 Å². The van der Waals surface area contributed by atoms with Crippen molar-refractivity contribution in [1.82, 2.24) is 24.9 Å². The number of unbranched alkanes of at least 4 members (excludes halogenated alkanes) is 1. The van der Waals surface area contributed by atoms with Crippen molar-refractivity contribution in [2.75, 3.05) is 6.54 Å². The largest absolute Gasteiger partial charge is 0.336 e. The lowest BCUT2D eigenvalue weighted by atomic mass is 10.1. The summed E-state index contributed by atoms with van der Waals surface area (Å²) in [6.07, 6.45) is 4.73. The van der Waals surface area contributed by atoms with E-state index in [-0.39, 0.29) is 11.9 Å². The van der Waals surface area contributed by atoms with Gasteiger partial charge in [0.15, 0.2) is 5.65 Å². The minimum Gasteiger partial charge on any atom is -0.336 e. The van der Waals surface area contributed by atoms with E-state index in [0.717, 1.165) is 25.8 Å². The molecule has 1 unspecified atom stereocenters. The lowest BCUT2D eigenvalue weighted by Crippen LogP contribution is -2.39. The second-order valence-electron chi connectivity index (χ2n) is 5.01. The highest BCUT2D eigenvalue weighted by molar-refractivity contribution is 5.94. The number of tetrazole rings is 1. The van der Waals surface area contributed by atoms with Crippen molar-refractivity contribution in [1.29, 1.82) is 0 Å². The molecule has 0 saturated heterocycles. The number of rotatable bonds is 6. The van der Waals surface area contributed by atoms with Gasteiger partial charge in [0.05, 0.1) is 5.56 Å². The minimum atomic E-state index is 0.0465. The Morgan fingerprint density at radius 2 is 2.20 bits per heavy atom. The molecular weight excluding hydrogens is 254 g/mol. The van der Waals surface area contributed by atoms with Crippen molar-refractivity contribution < 1.29 is 4.79 Å². The molecule has 0 spiro atoms. The van der Waals surface area contributed by atoms with Crippen LogP contribution in [-0.4, -0.2) is 43.4 Å². The third-order valence-electron chi connectivity index (χ3n) is 3.57. The summed E-state index contributed by atoms with van der Waals surface area (Å²) in [7, 11) is 0. The predicted octanol–water partition coefficient (Wildman–Crippen LogP) is 2.17. The SMILES string of the molecule is CCCCN(C(=O)c1ccc2nnnn2c1)C(C)CC. The average Bonchev–Trinajstić information content (AvgIpc) is 2.94. The summed E-state index contributed by atoms with van der Waals surface area (Å²) in [5.41, 5.74) is 1.27. The molecule has 0 aliphatic carbocycles. The number of hydrogen-bond acceptors (Lipinski definition) is 4. The van der Waals surface area contributed by atoms with Gasteiger partial charge in [-0.25, -0.2) is 0 Å². The number of aromatic nitrogens is 4. The standard InChI is InChI=1S/C14H21N5O/c1-4-6-9-18(11(3)5-2)14(20)12-7-8-13-15-16-17-19(13)10-12/h7-8,10-11H,4-6,9H2,1-3H3. The van der Waals surface area contributed by atoms with Gasteiger partial charge in [0, 0.05) is 18.8 Å². The van der Waals surface area contributed by atoms with Crippen LogP contribution in [0.25, 0.3) is 5.65 Å². The van der Waals surface area contributed by atoms with Crippen molar-refractivity contribution in [3.05, 3.63) is 23.9 Å². The van der Waals surface area contributed by atoms with E-state index in [0.29, 0.717) is 11.2 Å². The van der Waals surface area contributed by atoms with Gasteiger partial charge in [-0.15, -0.1) is 5.10 Å². The fourth-order valence-electron chi connectivity index (χ4n) is 2.10. The number of carbonyl (C=O) groups excluding carboxylic acids is 1. The van der Waals surface area contributed by atoms with Crippen LogP contribution >= 0.6 is 0 Å². The first-order valence-electron chi connectivity index (χ1n) is 7.16. The molecule has 1 amide bonds. The van der Waals surface area contributed by atoms with Gasteiger partial charge in [-0.1, -0.05) is 20.3 Å². The first kappa shape index (κ1) is 14.4. The fourth-order valence-corrected chi connectivity index (χ4v) is 2.10. The Balaban J connectivity index is 2.24. The van der Waals surface area contributed by atoms with E-state index >= 15 is 0 Å². The van der Waals surface area contributed by atoms with Crippen LogP contribution in [0.3, 0.4) is 0 Å². The molecule has 6 heteroatoms. The van der Waals surface area contributed by atoms with Crippen LogP contribution in [-0.2, 0) is 0 Å². The second-order valence-corrected chi connectivity index (χ2v) is 5.01. The summed E-state index contributed by atoms with van der Waals surface area (Å²) in [6.45, 7) is 7.11. The third kappa shape index (κ3) is 2.95. The molecule has 0 aromatic carbocycles. The molecule has 0 saturated carbocycles. The Morgan fingerprint density at radius 1 is 1.40 bits per heavy atom. The van der Waals surface area contributed by atoms with Crippen molar-refractivity contribution in [2.24, 2.45) is 0 Å². The highest BCUT2D eigenvalue weighted by atomic mass is 16.2. The molecule has 0 fully saturated rings. The maximum absolute atomic E-state index is 12.7. The monoisotopic (exact) mass is 275 g/mol. The van der Waals surface area contributed by atoms with E-state index in [4.69, 9.17) is 0 Å². The van der Waals surface area contributed by atoms with Crippen molar-refractivity contribution in [2.45, 2.75) is 46.1 Å². The van der Waals surface area contributed by atoms with Gasteiger partial charge in [-0.3, -0.25) is 4.79 Å². The summed E-state index contributed by atoms with van der Waals surface area (Å²) < 4.78 is 1.53. The molecule has 20 heavy (non-hydrogen) atoms. The molecule has 2 rings (SSSR count). The number of amides is 1. The van der Waals surface area contributed by atoms with Crippen molar-refractivity contribution in [3.63, 3.8) is 0 Å². The average molecular weight is 275 g/mol. The van der Waals surface area contributed by atoms with Crippen LogP contribution in [0.4, 0.5) is 0 Å². The highest BCUT2D eigenvalue weighted by Crippen LogP contribution is 2.12. The molecule has 2 aromatic heterocycles. The molecule has 0 aliphatic rings. The van der Waals surface area contributed by atoms with Gasteiger partial charge >= 0.3 is 0 Å². The Labute approximate surface area is 118 Å². The first-order chi connectivity index (χ1) is 9.67. The normalized spacial score (nSPS) is 12.6. The Hall–Kier alpha value is -1.98. The lowest BCUT2D eigenvalue weighted by molar-refractivity contribution is 0.0684. The van der Waals surface area contributed by atoms with E-state index in [1.54, 1.807) is 18.3 Å². The van der Waals surface area contributed by atoms with Crippen LogP contribution in [0, 0.1) is 0 Å². The van der Waals surface area contributed by atoms with Crippen LogP contribution in [0.5, 0.6) is 0 Å². The van der Waals surface area contributed by atoms with Gasteiger partial charge in [-0.2, -0.15) is 4.52 Å². The quantitative estimate of drug-likeness (QED) is 0.810. The number of pyridine rings is 1. The summed E-state index contributed by atoms with van der Waals surface area (Å²) >= 11 is 0. The van der Waals surface area contributed by atoms with E-state index in [1.165, 1.54) is 4.52 Å². The Bertz CT molecular complexity index is 580. The smallest absolute Gasteiger partial charge is 0.255 e. The molecular formula is C14H21N5O. The predicted molar refractivity (Wildman–Crippen MR) is 76.5 cm³/mol. The van der Waals surface area contributed by atoms with E-state index < -0.39 is 0 Å². The molecule has 1 atom stereocenters. The topological polar surface area (TPSA) is 63.4 Å². The molecule has 0 N–H and O–H groups in total. The van der Waals surface area contributed by atoms with Crippen LogP contribution < -0.4 is 0 Å². The Morgan fingerprint density at radius 3 is 2.90 bits per heavy atom. The fraction of sp³-hybridized carbons (Fsp3) is 0.571. The first-order valence-corrected chi connectivity index (χ1v) is 7.16. The number of fused-ring (bicyclic) bond motifs is 1. The van der Waals surface area contributed by atoms with E-state index in [2.05, 4.69) is 36.3 Å². The zero-order chi connectivity index (χ0) is 14.5. The Kier molecular flexibility index (Phi) is 4.65. The zero-order valence-electron chi connectivity index (χ0n) is 12.3. The van der Waals surface area contributed by atoms with Gasteiger partial charge in [0.1, 0.15) is 0 Å². The molecule has 108 valence electrons. The number of nitrogens with zero attached hydrogens (tertiary/aromatic N) is 5. The summed E-state index contributed by atoms with van der Waals surface area (Å²) in [6, 6.07) is 3.79. The molecule has 6 nitrogen and oxygen atoms in total. The third-order valence-corrected chi connectivity index (χ3v) is 3.57. The lowest BCUT2D eigenvalue weighted by Gasteiger charge is -2.28. The number of carbonyl (C=O) groups is 1. The summed E-state index contributed by atoms with van der Waals surface area (Å²) in [5.74, 6) is 0.0465. The van der Waals surface area contributed by atoms with Gasteiger partial charge < -0.3 is 4.90 Å². The summed E-state index contributed by atoms with van der Waals surface area (Å²) in [5, 5.41) is 11.3. The van der Waals surface area contributed by atoms with Crippen molar-refractivity contribution >= 4 is 11.6 Å².